The molecule has 0 heterocycles. The average Bonchev–Trinajstić information content (AvgIpc) is 2.65. The predicted octanol–water partition coefficient (Wildman–Crippen LogP) is 4.15. The van der Waals surface area contributed by atoms with Crippen LogP contribution in [0.15, 0.2) is 48.5 Å². The van der Waals surface area contributed by atoms with Gasteiger partial charge in [-0.15, -0.1) is 13.2 Å². The van der Waals surface area contributed by atoms with Gasteiger partial charge in [-0.25, -0.2) is 0 Å². The van der Waals surface area contributed by atoms with Gasteiger partial charge < -0.3 is 19.5 Å². The van der Waals surface area contributed by atoms with E-state index in [1.165, 1.54) is 31.4 Å². The Labute approximate surface area is 158 Å². The van der Waals surface area contributed by atoms with Crippen LogP contribution in [0.3, 0.4) is 0 Å². The second-order valence-corrected chi connectivity index (χ2v) is 5.25. The van der Waals surface area contributed by atoms with Crippen molar-refractivity contribution in [3.8, 4) is 23.3 Å². The van der Waals surface area contributed by atoms with Gasteiger partial charge in [-0.05, 0) is 48.0 Å². The maximum absolute atomic E-state index is 12.1. The number of hydrogen-bond donors (Lipinski definition) is 1. The molecule has 1 amide bonds. The molecule has 6 nitrogen and oxygen atoms in total. The summed E-state index contributed by atoms with van der Waals surface area (Å²) in [6.45, 7) is -0.124. The maximum Gasteiger partial charge on any atom is 0.573 e. The Morgan fingerprint density at radius 2 is 1.89 bits per heavy atom. The summed E-state index contributed by atoms with van der Waals surface area (Å²) in [6, 6.07) is 11.5. The van der Waals surface area contributed by atoms with Crippen molar-refractivity contribution < 1.29 is 32.2 Å². The van der Waals surface area contributed by atoms with Crippen LogP contribution in [0.2, 0.25) is 0 Å². The summed E-state index contributed by atoms with van der Waals surface area (Å²) < 4.78 is 50.5. The fourth-order valence-electron chi connectivity index (χ4n) is 2.11. The standard InChI is InChI=1S/C19H15F3N2O4/c1-26-17-12-13(2-8-16(17)27-11-10-23)3-9-18(25)24-14-4-6-15(7-5-14)28-19(20,21)22/h2-9,12H,11H2,1H3,(H,24,25)/b9-3+. The van der Waals surface area contributed by atoms with E-state index in [9.17, 15) is 18.0 Å². The molecule has 0 saturated heterocycles. The topological polar surface area (TPSA) is 80.6 Å². The molecule has 0 aromatic heterocycles. The quantitative estimate of drug-likeness (QED) is 0.716. The Bertz CT molecular complexity index is 888. The smallest absolute Gasteiger partial charge is 0.493 e. The SMILES string of the molecule is COc1cc(/C=C/C(=O)Nc2ccc(OC(F)(F)F)cc2)ccc1OCC#N. The van der Waals surface area contributed by atoms with Gasteiger partial charge in [0.15, 0.2) is 18.1 Å². The first-order chi connectivity index (χ1) is 13.3. The number of halogens is 3. The van der Waals surface area contributed by atoms with Gasteiger partial charge in [0.05, 0.1) is 7.11 Å². The van der Waals surface area contributed by atoms with Crippen molar-refractivity contribution in [3.05, 3.63) is 54.1 Å². The highest BCUT2D eigenvalue weighted by Gasteiger charge is 2.30. The molecule has 0 aliphatic heterocycles. The molecule has 2 aromatic carbocycles. The molecule has 9 heteroatoms. The Morgan fingerprint density at radius 3 is 2.50 bits per heavy atom. The third-order valence-corrected chi connectivity index (χ3v) is 3.26. The van der Waals surface area contributed by atoms with Gasteiger partial charge in [0, 0.05) is 11.8 Å². The van der Waals surface area contributed by atoms with Gasteiger partial charge in [0.25, 0.3) is 0 Å². The molecular formula is C19H15F3N2O4. The van der Waals surface area contributed by atoms with Gasteiger partial charge in [-0.1, -0.05) is 6.07 Å². The van der Waals surface area contributed by atoms with Crippen molar-refractivity contribution in [2.45, 2.75) is 6.36 Å². The molecule has 0 bridgehead atoms. The summed E-state index contributed by atoms with van der Waals surface area (Å²) in [4.78, 5) is 12.0. The van der Waals surface area contributed by atoms with E-state index in [1.54, 1.807) is 18.2 Å². The Balaban J connectivity index is 1.99. The maximum atomic E-state index is 12.1. The molecule has 0 aliphatic carbocycles. The predicted molar refractivity (Wildman–Crippen MR) is 94.9 cm³/mol. The summed E-state index contributed by atoms with van der Waals surface area (Å²) in [5.74, 6) is -0.0648. The first-order valence-electron chi connectivity index (χ1n) is 7.83. The lowest BCUT2D eigenvalue weighted by atomic mass is 10.2. The van der Waals surface area contributed by atoms with Crippen LogP contribution in [-0.2, 0) is 4.79 Å². The van der Waals surface area contributed by atoms with Gasteiger partial charge >= 0.3 is 6.36 Å². The van der Waals surface area contributed by atoms with Gasteiger partial charge in [0.2, 0.25) is 5.91 Å². The number of nitriles is 1. The van der Waals surface area contributed by atoms with E-state index >= 15 is 0 Å². The number of ether oxygens (including phenoxy) is 3. The molecule has 0 atom stereocenters. The zero-order chi connectivity index (χ0) is 20.6. The summed E-state index contributed by atoms with van der Waals surface area (Å²) in [5.41, 5.74) is 0.951. The van der Waals surface area contributed by atoms with Crippen molar-refractivity contribution in [1.29, 1.82) is 5.26 Å². The molecule has 2 rings (SSSR count). The molecule has 0 fully saturated rings. The van der Waals surface area contributed by atoms with Crippen LogP contribution in [-0.4, -0.2) is 26.0 Å². The first-order valence-corrected chi connectivity index (χ1v) is 7.83. The molecule has 146 valence electrons. The minimum Gasteiger partial charge on any atom is -0.493 e. The molecule has 28 heavy (non-hydrogen) atoms. The first kappa shape index (κ1) is 20.6. The van der Waals surface area contributed by atoms with Gasteiger partial charge in [-0.2, -0.15) is 5.26 Å². The Morgan fingerprint density at radius 1 is 1.18 bits per heavy atom. The summed E-state index contributed by atoms with van der Waals surface area (Å²) in [7, 11) is 1.45. The van der Waals surface area contributed by atoms with Crippen molar-refractivity contribution in [2.75, 3.05) is 19.0 Å². The van der Waals surface area contributed by atoms with Crippen LogP contribution >= 0.6 is 0 Å². The van der Waals surface area contributed by atoms with Crippen molar-refractivity contribution in [1.82, 2.24) is 0 Å². The van der Waals surface area contributed by atoms with Crippen molar-refractivity contribution in [2.24, 2.45) is 0 Å². The van der Waals surface area contributed by atoms with Crippen molar-refractivity contribution >= 4 is 17.7 Å². The second kappa shape index (κ2) is 9.32. The molecule has 2 aromatic rings. The molecule has 0 unspecified atom stereocenters. The fourth-order valence-corrected chi connectivity index (χ4v) is 2.11. The van der Waals surface area contributed by atoms with Crippen LogP contribution in [0, 0.1) is 11.3 Å². The second-order valence-electron chi connectivity index (χ2n) is 5.25. The van der Waals surface area contributed by atoms with Crippen LogP contribution in [0.1, 0.15) is 5.56 Å². The normalized spacial score (nSPS) is 11.0. The zero-order valence-corrected chi connectivity index (χ0v) is 14.6. The number of carbonyl (C=O) groups excluding carboxylic acids is 1. The van der Waals surface area contributed by atoms with Gasteiger partial charge in [0.1, 0.15) is 11.8 Å². The van der Waals surface area contributed by atoms with E-state index in [0.29, 0.717) is 22.7 Å². The number of nitrogens with one attached hydrogen (secondary N) is 1. The van der Waals surface area contributed by atoms with Gasteiger partial charge in [-0.3, -0.25) is 4.79 Å². The number of hydrogen-bond acceptors (Lipinski definition) is 5. The third-order valence-electron chi connectivity index (χ3n) is 3.26. The minimum atomic E-state index is -4.77. The highest BCUT2D eigenvalue weighted by Crippen LogP contribution is 2.28. The summed E-state index contributed by atoms with van der Waals surface area (Å²) >= 11 is 0. The fraction of sp³-hybridized carbons (Fsp3) is 0.158. The molecular weight excluding hydrogens is 377 g/mol. The zero-order valence-electron chi connectivity index (χ0n) is 14.6. The lowest BCUT2D eigenvalue weighted by Gasteiger charge is -2.09. The number of alkyl halides is 3. The van der Waals surface area contributed by atoms with E-state index < -0.39 is 12.3 Å². The van der Waals surface area contributed by atoms with Crippen LogP contribution in [0.25, 0.3) is 6.08 Å². The number of nitrogens with zero attached hydrogens (tertiary/aromatic N) is 1. The average molecular weight is 392 g/mol. The third kappa shape index (κ3) is 6.57. The summed E-state index contributed by atoms with van der Waals surface area (Å²) in [6.07, 6.45) is -2.00. The molecule has 0 spiro atoms. The van der Waals surface area contributed by atoms with Crippen LogP contribution in [0.4, 0.5) is 18.9 Å². The van der Waals surface area contributed by atoms with E-state index in [0.717, 1.165) is 12.1 Å². The lowest BCUT2D eigenvalue weighted by molar-refractivity contribution is -0.274. The van der Waals surface area contributed by atoms with E-state index in [1.807, 2.05) is 6.07 Å². The van der Waals surface area contributed by atoms with Crippen molar-refractivity contribution in [3.63, 3.8) is 0 Å². The minimum absolute atomic E-state index is 0.124. The number of amides is 1. The molecule has 1 N–H and O–H groups in total. The number of rotatable bonds is 7. The monoisotopic (exact) mass is 392 g/mol. The Hall–Kier alpha value is -3.67. The van der Waals surface area contributed by atoms with Crippen LogP contribution in [0.5, 0.6) is 17.2 Å². The van der Waals surface area contributed by atoms with E-state index in [2.05, 4.69) is 10.1 Å². The Kier molecular flexibility index (Phi) is 6.87. The summed E-state index contributed by atoms with van der Waals surface area (Å²) in [5, 5.41) is 11.1. The number of carbonyl (C=O) groups is 1. The largest absolute Gasteiger partial charge is 0.573 e. The van der Waals surface area contributed by atoms with Crippen LogP contribution < -0.4 is 19.5 Å². The highest BCUT2D eigenvalue weighted by molar-refractivity contribution is 6.01. The number of anilines is 1. The number of methoxy groups -OCH3 is 1. The van der Waals surface area contributed by atoms with E-state index in [4.69, 9.17) is 14.7 Å². The highest BCUT2D eigenvalue weighted by atomic mass is 19.4. The lowest BCUT2D eigenvalue weighted by Crippen LogP contribution is -2.17. The van der Waals surface area contributed by atoms with E-state index in [-0.39, 0.29) is 12.4 Å². The molecule has 0 radical (unpaired) electrons. The number of benzene rings is 2. The molecule has 0 aliphatic rings. The molecule has 0 saturated carbocycles.